The minimum atomic E-state index is -1.11. The van der Waals surface area contributed by atoms with Crippen molar-refractivity contribution in [1.82, 2.24) is 9.97 Å². The van der Waals surface area contributed by atoms with E-state index >= 15 is 0 Å². The summed E-state index contributed by atoms with van der Waals surface area (Å²) in [6.45, 7) is 0. The molecule has 0 fully saturated rings. The molecule has 0 bridgehead atoms. The summed E-state index contributed by atoms with van der Waals surface area (Å²) in [5.74, 6) is -0.953. The Hall–Kier alpha value is -1.66. The van der Waals surface area contributed by atoms with Crippen molar-refractivity contribution in [2.75, 3.05) is 0 Å². The molecule has 92 valence electrons. The van der Waals surface area contributed by atoms with Crippen LogP contribution in [0.3, 0.4) is 0 Å². The minimum Gasteiger partial charge on any atom is -0.478 e. The van der Waals surface area contributed by atoms with Gasteiger partial charge in [0, 0.05) is 4.47 Å². The summed E-state index contributed by atoms with van der Waals surface area (Å²) in [6, 6.07) is 4.81. The van der Waals surface area contributed by atoms with E-state index in [2.05, 4.69) is 25.9 Å². The van der Waals surface area contributed by atoms with Crippen molar-refractivity contribution < 1.29 is 14.6 Å². The van der Waals surface area contributed by atoms with Gasteiger partial charge in [-0.3, -0.25) is 0 Å². The van der Waals surface area contributed by atoms with Gasteiger partial charge in [-0.2, -0.15) is 0 Å². The highest BCUT2D eigenvalue weighted by atomic mass is 79.9. The van der Waals surface area contributed by atoms with Crippen molar-refractivity contribution in [3.8, 4) is 11.8 Å². The lowest BCUT2D eigenvalue weighted by molar-refractivity contribution is 0.0693. The van der Waals surface area contributed by atoms with E-state index in [1.54, 1.807) is 12.1 Å². The monoisotopic (exact) mass is 328 g/mol. The summed E-state index contributed by atoms with van der Waals surface area (Å²) >= 11 is 8.79. The van der Waals surface area contributed by atoms with E-state index in [1.807, 2.05) is 0 Å². The van der Waals surface area contributed by atoms with Gasteiger partial charge in [-0.15, -0.1) is 0 Å². The van der Waals surface area contributed by atoms with Gasteiger partial charge in [0.25, 0.3) is 0 Å². The molecule has 18 heavy (non-hydrogen) atoms. The lowest BCUT2D eigenvalue weighted by atomic mass is 10.2. The van der Waals surface area contributed by atoms with Crippen LogP contribution < -0.4 is 4.74 Å². The van der Waals surface area contributed by atoms with Gasteiger partial charge in [0.1, 0.15) is 11.3 Å². The van der Waals surface area contributed by atoms with Gasteiger partial charge in [0.2, 0.25) is 0 Å². The number of carboxylic acids is 1. The number of carboxylic acid groups (broad SMARTS) is 1. The van der Waals surface area contributed by atoms with E-state index in [4.69, 9.17) is 21.4 Å². The van der Waals surface area contributed by atoms with Crippen molar-refractivity contribution >= 4 is 33.5 Å². The number of aromatic carboxylic acids is 1. The molecule has 0 atom stereocenters. The lowest BCUT2D eigenvalue weighted by Gasteiger charge is -2.08. The average molecular weight is 330 g/mol. The van der Waals surface area contributed by atoms with Crippen molar-refractivity contribution in [3.63, 3.8) is 0 Å². The fraction of sp³-hybridized carbons (Fsp3) is 0. The van der Waals surface area contributed by atoms with Gasteiger partial charge in [-0.05, 0) is 28.1 Å². The normalized spacial score (nSPS) is 10.1. The van der Waals surface area contributed by atoms with Crippen LogP contribution in [0.5, 0.6) is 11.8 Å². The van der Waals surface area contributed by atoms with Gasteiger partial charge in [-0.1, -0.05) is 17.7 Å². The SMILES string of the molecule is O=C(O)c1c(Br)cccc1Oc1ncc(Cl)cn1. The summed E-state index contributed by atoms with van der Waals surface area (Å²) in [4.78, 5) is 18.8. The first kappa shape index (κ1) is 12.8. The molecule has 0 radical (unpaired) electrons. The van der Waals surface area contributed by atoms with E-state index in [1.165, 1.54) is 18.5 Å². The topological polar surface area (TPSA) is 72.3 Å². The maximum Gasteiger partial charge on any atom is 0.340 e. The first-order valence-electron chi connectivity index (χ1n) is 4.75. The number of carbonyl (C=O) groups is 1. The molecular weight excluding hydrogens is 323 g/mol. The Morgan fingerprint density at radius 3 is 2.61 bits per heavy atom. The number of rotatable bonds is 3. The molecule has 0 unspecified atom stereocenters. The molecule has 0 amide bonds. The summed E-state index contributed by atoms with van der Waals surface area (Å²) in [5, 5.41) is 9.47. The summed E-state index contributed by atoms with van der Waals surface area (Å²) in [7, 11) is 0. The van der Waals surface area contributed by atoms with E-state index in [9.17, 15) is 4.79 Å². The predicted molar refractivity (Wildman–Crippen MR) is 68.2 cm³/mol. The Morgan fingerprint density at radius 1 is 1.33 bits per heavy atom. The van der Waals surface area contributed by atoms with Gasteiger partial charge < -0.3 is 9.84 Å². The largest absolute Gasteiger partial charge is 0.478 e. The highest BCUT2D eigenvalue weighted by Crippen LogP contribution is 2.29. The highest BCUT2D eigenvalue weighted by Gasteiger charge is 2.16. The van der Waals surface area contributed by atoms with Crippen LogP contribution in [0.4, 0.5) is 0 Å². The molecule has 2 aromatic rings. The fourth-order valence-electron chi connectivity index (χ4n) is 1.25. The molecule has 1 aromatic heterocycles. The second-order valence-electron chi connectivity index (χ2n) is 3.20. The average Bonchev–Trinajstić information content (AvgIpc) is 2.32. The second-order valence-corrected chi connectivity index (χ2v) is 4.49. The molecule has 0 aliphatic carbocycles. The van der Waals surface area contributed by atoms with Gasteiger partial charge in [0.15, 0.2) is 0 Å². The van der Waals surface area contributed by atoms with Crippen LogP contribution in [0.15, 0.2) is 35.1 Å². The zero-order valence-electron chi connectivity index (χ0n) is 8.80. The molecule has 7 heteroatoms. The second kappa shape index (κ2) is 5.32. The first-order valence-corrected chi connectivity index (χ1v) is 5.92. The van der Waals surface area contributed by atoms with Crippen molar-refractivity contribution in [3.05, 3.63) is 45.7 Å². The van der Waals surface area contributed by atoms with Gasteiger partial charge >= 0.3 is 12.0 Å². The standard InChI is InChI=1S/C11H6BrClN2O3/c12-7-2-1-3-8(9(7)10(16)17)18-11-14-4-6(13)5-15-11/h1-5H,(H,16,17). The van der Waals surface area contributed by atoms with Crippen LogP contribution in [0.25, 0.3) is 0 Å². The summed E-state index contributed by atoms with van der Waals surface area (Å²) in [5.41, 5.74) is 0.0102. The molecule has 5 nitrogen and oxygen atoms in total. The van der Waals surface area contributed by atoms with Gasteiger partial charge in [-0.25, -0.2) is 14.8 Å². The Bertz CT molecular complexity index is 589. The summed E-state index contributed by atoms with van der Waals surface area (Å²) < 4.78 is 5.73. The molecule has 0 saturated heterocycles. The highest BCUT2D eigenvalue weighted by molar-refractivity contribution is 9.10. The van der Waals surface area contributed by atoms with Crippen LogP contribution in [-0.2, 0) is 0 Å². The number of halogens is 2. The molecule has 1 heterocycles. The zero-order chi connectivity index (χ0) is 13.1. The van der Waals surface area contributed by atoms with Crippen molar-refractivity contribution in [2.24, 2.45) is 0 Å². The Labute approximate surface area is 116 Å². The number of hydrogen-bond acceptors (Lipinski definition) is 4. The third-order valence-corrected chi connectivity index (χ3v) is 2.84. The van der Waals surface area contributed by atoms with E-state index in [0.717, 1.165) is 0 Å². The number of hydrogen-bond donors (Lipinski definition) is 1. The maximum absolute atomic E-state index is 11.1. The Morgan fingerprint density at radius 2 is 2.00 bits per heavy atom. The molecule has 2 rings (SSSR count). The number of ether oxygens (including phenoxy) is 1. The van der Waals surface area contributed by atoms with Gasteiger partial charge in [0.05, 0.1) is 17.4 Å². The molecule has 1 aromatic carbocycles. The first-order chi connectivity index (χ1) is 8.58. The predicted octanol–water partition coefficient (Wildman–Crippen LogP) is 3.38. The van der Waals surface area contributed by atoms with E-state index < -0.39 is 5.97 Å². The van der Waals surface area contributed by atoms with Crippen LogP contribution in [-0.4, -0.2) is 21.0 Å². The Kier molecular flexibility index (Phi) is 3.78. The number of aromatic nitrogens is 2. The minimum absolute atomic E-state index is 0.0102. The number of benzene rings is 1. The molecular formula is C11H6BrClN2O3. The molecule has 1 N–H and O–H groups in total. The van der Waals surface area contributed by atoms with Crippen LogP contribution in [0.1, 0.15) is 10.4 Å². The fourth-order valence-corrected chi connectivity index (χ4v) is 1.86. The molecule has 0 spiro atoms. The third kappa shape index (κ3) is 2.77. The molecule has 0 aliphatic rings. The zero-order valence-corrected chi connectivity index (χ0v) is 11.1. The van der Waals surface area contributed by atoms with E-state index in [0.29, 0.717) is 9.50 Å². The Balaban J connectivity index is 2.37. The smallest absolute Gasteiger partial charge is 0.340 e. The maximum atomic E-state index is 11.1. The number of nitrogens with zero attached hydrogens (tertiary/aromatic N) is 2. The third-order valence-electron chi connectivity index (χ3n) is 1.99. The van der Waals surface area contributed by atoms with Crippen molar-refractivity contribution in [2.45, 2.75) is 0 Å². The van der Waals surface area contributed by atoms with Crippen molar-refractivity contribution in [1.29, 1.82) is 0 Å². The van der Waals surface area contributed by atoms with Crippen LogP contribution in [0, 0.1) is 0 Å². The molecule has 0 saturated carbocycles. The summed E-state index contributed by atoms with van der Waals surface area (Å²) in [6.07, 6.45) is 2.73. The van der Waals surface area contributed by atoms with Crippen LogP contribution >= 0.6 is 27.5 Å². The van der Waals surface area contributed by atoms with E-state index in [-0.39, 0.29) is 17.3 Å². The van der Waals surface area contributed by atoms with Crippen LogP contribution in [0.2, 0.25) is 5.02 Å². The molecule has 0 aliphatic heterocycles. The lowest BCUT2D eigenvalue weighted by Crippen LogP contribution is -2.02. The quantitative estimate of drug-likeness (QED) is 0.934.